The van der Waals surface area contributed by atoms with Gasteiger partial charge in [-0.3, -0.25) is 4.79 Å². The molecule has 0 fully saturated rings. The lowest BCUT2D eigenvalue weighted by molar-refractivity contribution is -0.123. The topological polar surface area (TPSA) is 43.1 Å². The lowest BCUT2D eigenvalue weighted by atomic mass is 9.76. The Morgan fingerprint density at radius 2 is 2.50 bits per heavy atom. The average molecular weight is 209 g/mol. The Bertz CT molecular complexity index is 318. The molecule has 0 aliphatic rings. The van der Waals surface area contributed by atoms with Gasteiger partial charge in [-0.15, -0.1) is 6.58 Å². The monoisotopic (exact) mass is 209 g/mol. The van der Waals surface area contributed by atoms with Crippen molar-refractivity contribution >= 4 is 17.2 Å². The second-order valence-corrected chi connectivity index (χ2v) is 4.08. The standard InChI is InChI=1S/C11H15NOS/c1-3-6-11(4-2,10(12)13)9-5-7-14-8-9/h3,5,7-8H,1,4,6H2,2H3,(H2,12,13). The highest BCUT2D eigenvalue weighted by atomic mass is 32.1. The molecule has 1 rings (SSSR count). The van der Waals surface area contributed by atoms with Gasteiger partial charge in [0.1, 0.15) is 0 Å². The van der Waals surface area contributed by atoms with Crippen molar-refractivity contribution in [2.45, 2.75) is 25.2 Å². The molecule has 0 aliphatic heterocycles. The van der Waals surface area contributed by atoms with Crippen LogP contribution in [0.1, 0.15) is 25.3 Å². The first kappa shape index (κ1) is 11.0. The van der Waals surface area contributed by atoms with E-state index in [9.17, 15) is 4.79 Å². The molecule has 1 atom stereocenters. The van der Waals surface area contributed by atoms with Gasteiger partial charge in [0.25, 0.3) is 0 Å². The summed E-state index contributed by atoms with van der Waals surface area (Å²) in [4.78, 5) is 11.5. The number of carbonyl (C=O) groups is 1. The molecule has 0 saturated carbocycles. The fourth-order valence-corrected chi connectivity index (χ4v) is 2.42. The lowest BCUT2D eigenvalue weighted by Crippen LogP contribution is -2.40. The zero-order chi connectivity index (χ0) is 10.6. The van der Waals surface area contributed by atoms with E-state index in [1.165, 1.54) is 0 Å². The molecule has 1 aromatic rings. The number of primary amides is 1. The predicted molar refractivity (Wildman–Crippen MR) is 60.3 cm³/mol. The van der Waals surface area contributed by atoms with Crippen LogP contribution < -0.4 is 5.73 Å². The molecule has 0 aromatic carbocycles. The summed E-state index contributed by atoms with van der Waals surface area (Å²) in [5.41, 5.74) is 5.94. The van der Waals surface area contributed by atoms with E-state index in [-0.39, 0.29) is 5.91 Å². The molecule has 1 amide bonds. The highest BCUT2D eigenvalue weighted by Crippen LogP contribution is 2.33. The van der Waals surface area contributed by atoms with E-state index in [1.54, 1.807) is 17.4 Å². The smallest absolute Gasteiger partial charge is 0.228 e. The summed E-state index contributed by atoms with van der Waals surface area (Å²) in [6.45, 7) is 5.66. The highest BCUT2D eigenvalue weighted by Gasteiger charge is 2.35. The first-order valence-electron chi connectivity index (χ1n) is 4.61. The molecule has 0 saturated heterocycles. The van der Waals surface area contributed by atoms with E-state index in [1.807, 2.05) is 23.8 Å². The third-order valence-electron chi connectivity index (χ3n) is 2.64. The van der Waals surface area contributed by atoms with Gasteiger partial charge in [0.2, 0.25) is 5.91 Å². The van der Waals surface area contributed by atoms with Crippen molar-refractivity contribution in [3.8, 4) is 0 Å². The van der Waals surface area contributed by atoms with Crippen LogP contribution in [0, 0.1) is 0 Å². The van der Waals surface area contributed by atoms with Gasteiger partial charge in [0, 0.05) is 0 Å². The average Bonchev–Trinajstić information content (AvgIpc) is 2.66. The number of thiophene rings is 1. The summed E-state index contributed by atoms with van der Waals surface area (Å²) < 4.78 is 0. The van der Waals surface area contributed by atoms with Crippen LogP contribution in [0.15, 0.2) is 29.5 Å². The van der Waals surface area contributed by atoms with Crippen LogP contribution in [0.2, 0.25) is 0 Å². The van der Waals surface area contributed by atoms with Crippen LogP contribution in [-0.2, 0) is 10.2 Å². The molecule has 2 nitrogen and oxygen atoms in total. The van der Waals surface area contributed by atoms with E-state index < -0.39 is 5.41 Å². The van der Waals surface area contributed by atoms with Gasteiger partial charge in [-0.25, -0.2) is 0 Å². The summed E-state index contributed by atoms with van der Waals surface area (Å²) >= 11 is 1.58. The van der Waals surface area contributed by atoms with E-state index >= 15 is 0 Å². The number of allylic oxidation sites excluding steroid dienone is 1. The maximum atomic E-state index is 11.5. The SMILES string of the molecule is C=CCC(CC)(C(N)=O)c1ccsc1. The summed E-state index contributed by atoms with van der Waals surface area (Å²) in [6.07, 6.45) is 3.08. The van der Waals surface area contributed by atoms with Crippen LogP contribution in [0.5, 0.6) is 0 Å². The van der Waals surface area contributed by atoms with Crippen LogP contribution in [0.25, 0.3) is 0 Å². The van der Waals surface area contributed by atoms with E-state index in [0.29, 0.717) is 12.8 Å². The molecular formula is C11H15NOS. The Balaban J connectivity index is 3.13. The van der Waals surface area contributed by atoms with Crippen LogP contribution in [-0.4, -0.2) is 5.91 Å². The third-order valence-corrected chi connectivity index (χ3v) is 3.33. The number of hydrogen-bond acceptors (Lipinski definition) is 2. The Labute approximate surface area is 88.4 Å². The first-order chi connectivity index (χ1) is 6.67. The molecule has 1 unspecified atom stereocenters. The quantitative estimate of drug-likeness (QED) is 0.744. The van der Waals surface area contributed by atoms with Crippen LogP contribution in [0.3, 0.4) is 0 Å². The van der Waals surface area contributed by atoms with E-state index in [0.717, 1.165) is 5.56 Å². The largest absolute Gasteiger partial charge is 0.369 e. The van der Waals surface area contributed by atoms with Gasteiger partial charge < -0.3 is 5.73 Å². The Kier molecular flexibility index (Phi) is 3.47. The van der Waals surface area contributed by atoms with Gasteiger partial charge in [-0.2, -0.15) is 11.3 Å². The predicted octanol–water partition coefficient (Wildman–Crippen LogP) is 2.46. The van der Waals surface area contributed by atoms with Gasteiger partial charge in [-0.1, -0.05) is 13.0 Å². The van der Waals surface area contributed by atoms with Crippen LogP contribution >= 0.6 is 11.3 Å². The molecule has 0 bridgehead atoms. The van der Waals surface area contributed by atoms with E-state index in [2.05, 4.69) is 6.58 Å². The number of rotatable bonds is 5. The van der Waals surface area contributed by atoms with Crippen LogP contribution in [0.4, 0.5) is 0 Å². The molecule has 3 heteroatoms. The second-order valence-electron chi connectivity index (χ2n) is 3.30. The van der Waals surface area contributed by atoms with Crippen molar-refractivity contribution in [1.29, 1.82) is 0 Å². The van der Waals surface area contributed by atoms with E-state index in [4.69, 9.17) is 5.73 Å². The van der Waals surface area contributed by atoms with Crippen molar-refractivity contribution in [3.05, 3.63) is 35.0 Å². The molecule has 1 heterocycles. The number of hydrogen-bond donors (Lipinski definition) is 1. The van der Waals surface area contributed by atoms with Crippen molar-refractivity contribution < 1.29 is 4.79 Å². The van der Waals surface area contributed by atoms with Gasteiger partial charge in [0.05, 0.1) is 5.41 Å². The summed E-state index contributed by atoms with van der Waals surface area (Å²) in [7, 11) is 0. The molecule has 0 spiro atoms. The minimum Gasteiger partial charge on any atom is -0.369 e. The molecular weight excluding hydrogens is 194 g/mol. The third kappa shape index (κ3) is 1.73. The maximum Gasteiger partial charge on any atom is 0.228 e. The number of amides is 1. The zero-order valence-corrected chi connectivity index (χ0v) is 9.14. The Morgan fingerprint density at radius 3 is 2.86 bits per heavy atom. The van der Waals surface area contributed by atoms with Gasteiger partial charge >= 0.3 is 0 Å². The fourth-order valence-electron chi connectivity index (χ4n) is 1.67. The first-order valence-corrected chi connectivity index (χ1v) is 5.55. The van der Waals surface area contributed by atoms with Gasteiger partial charge in [0.15, 0.2) is 0 Å². The lowest BCUT2D eigenvalue weighted by Gasteiger charge is -2.27. The zero-order valence-electron chi connectivity index (χ0n) is 8.32. The highest BCUT2D eigenvalue weighted by molar-refractivity contribution is 7.08. The minimum atomic E-state index is -0.554. The summed E-state index contributed by atoms with van der Waals surface area (Å²) in [5, 5.41) is 3.95. The number of carbonyl (C=O) groups excluding carboxylic acids is 1. The van der Waals surface area contributed by atoms with Gasteiger partial charge in [-0.05, 0) is 35.2 Å². The molecule has 1 aromatic heterocycles. The molecule has 0 aliphatic carbocycles. The van der Waals surface area contributed by atoms with Crippen molar-refractivity contribution in [1.82, 2.24) is 0 Å². The summed E-state index contributed by atoms with van der Waals surface area (Å²) in [5.74, 6) is -0.265. The summed E-state index contributed by atoms with van der Waals surface area (Å²) in [6, 6.07) is 1.96. The van der Waals surface area contributed by atoms with Crippen molar-refractivity contribution in [2.75, 3.05) is 0 Å². The maximum absolute atomic E-state index is 11.5. The fraction of sp³-hybridized carbons (Fsp3) is 0.364. The number of nitrogens with two attached hydrogens (primary N) is 1. The normalized spacial score (nSPS) is 14.6. The second kappa shape index (κ2) is 4.42. The Hall–Kier alpha value is -1.09. The molecule has 0 radical (unpaired) electrons. The Morgan fingerprint density at radius 1 is 1.79 bits per heavy atom. The molecule has 2 N–H and O–H groups in total. The van der Waals surface area contributed by atoms with Crippen molar-refractivity contribution in [3.63, 3.8) is 0 Å². The minimum absolute atomic E-state index is 0.265. The molecule has 14 heavy (non-hydrogen) atoms. The van der Waals surface area contributed by atoms with Crippen molar-refractivity contribution in [2.24, 2.45) is 5.73 Å². The molecule has 76 valence electrons.